The number of ether oxygens (including phenoxy) is 2. The first kappa shape index (κ1) is 29.7. The molecule has 3 heterocycles. The first-order valence-electron chi connectivity index (χ1n) is 14.5. The van der Waals surface area contributed by atoms with E-state index in [1.807, 2.05) is 80.6 Å². The normalized spacial score (nSPS) is 15.0. The van der Waals surface area contributed by atoms with Crippen LogP contribution >= 0.6 is 22.9 Å². The fourth-order valence-electron chi connectivity index (χ4n) is 5.60. The van der Waals surface area contributed by atoms with E-state index >= 15 is 0 Å². The highest BCUT2D eigenvalue weighted by molar-refractivity contribution is 7.07. The fourth-order valence-corrected chi connectivity index (χ4v) is 6.77. The molecule has 0 amide bonds. The number of halogens is 1. The van der Waals surface area contributed by atoms with Gasteiger partial charge in [-0.05, 0) is 63.6 Å². The number of nitrogens with zero attached hydrogens (tertiary/aromatic N) is 3. The van der Waals surface area contributed by atoms with Crippen LogP contribution in [0.25, 0.3) is 17.0 Å². The molecular weight excluding hydrogens is 594 g/mol. The predicted molar refractivity (Wildman–Crippen MR) is 175 cm³/mol. The molecule has 9 heteroatoms. The molecule has 0 fully saturated rings. The van der Waals surface area contributed by atoms with Crippen LogP contribution in [0.1, 0.15) is 50.4 Å². The molecule has 2 aromatic heterocycles. The molecule has 1 atom stereocenters. The van der Waals surface area contributed by atoms with Crippen molar-refractivity contribution in [1.29, 1.82) is 0 Å². The zero-order valence-electron chi connectivity index (χ0n) is 24.9. The summed E-state index contributed by atoms with van der Waals surface area (Å²) < 4.78 is 15.9. The van der Waals surface area contributed by atoms with Crippen LogP contribution in [0.2, 0.25) is 5.02 Å². The van der Waals surface area contributed by atoms with Gasteiger partial charge >= 0.3 is 5.97 Å². The van der Waals surface area contributed by atoms with Gasteiger partial charge in [-0.25, -0.2) is 9.79 Å². The van der Waals surface area contributed by atoms with Crippen LogP contribution in [0.5, 0.6) is 5.75 Å². The summed E-state index contributed by atoms with van der Waals surface area (Å²) in [5.41, 5.74) is 4.39. The van der Waals surface area contributed by atoms with Gasteiger partial charge in [-0.3, -0.25) is 9.36 Å². The quantitative estimate of drug-likeness (QED) is 0.191. The lowest BCUT2D eigenvalue weighted by atomic mass is 9.95. The molecule has 7 nitrogen and oxygen atoms in total. The molecular formula is C35H32ClN3O4S. The summed E-state index contributed by atoms with van der Waals surface area (Å²) in [4.78, 5) is 32.9. The molecule has 0 saturated carbocycles. The van der Waals surface area contributed by atoms with Crippen molar-refractivity contribution in [1.82, 2.24) is 9.13 Å². The number of hydrogen-bond donors (Lipinski definition) is 0. The Hall–Kier alpha value is -4.40. The number of hydrogen-bond acceptors (Lipinski definition) is 6. The van der Waals surface area contributed by atoms with Gasteiger partial charge in [0.05, 0.1) is 28.5 Å². The molecule has 3 aromatic carbocycles. The molecule has 0 unspecified atom stereocenters. The van der Waals surface area contributed by atoms with Crippen molar-refractivity contribution in [2.24, 2.45) is 4.99 Å². The van der Waals surface area contributed by atoms with E-state index in [0.717, 1.165) is 22.0 Å². The first-order chi connectivity index (χ1) is 21.2. The van der Waals surface area contributed by atoms with E-state index < -0.39 is 12.0 Å². The molecule has 224 valence electrons. The molecule has 0 saturated heterocycles. The van der Waals surface area contributed by atoms with Gasteiger partial charge in [-0.1, -0.05) is 71.5 Å². The molecule has 0 bridgehead atoms. The highest BCUT2D eigenvalue weighted by Crippen LogP contribution is 2.36. The Morgan fingerprint density at radius 3 is 2.55 bits per heavy atom. The summed E-state index contributed by atoms with van der Waals surface area (Å²) in [6.45, 7) is 8.29. The van der Waals surface area contributed by atoms with Gasteiger partial charge in [-0.2, -0.15) is 0 Å². The Bertz CT molecular complexity index is 2090. The Balaban J connectivity index is 1.53. The number of carbonyl (C=O) groups is 1. The van der Waals surface area contributed by atoms with Gasteiger partial charge < -0.3 is 14.0 Å². The Morgan fingerprint density at radius 2 is 1.80 bits per heavy atom. The predicted octanol–water partition coefficient (Wildman–Crippen LogP) is 6.24. The monoisotopic (exact) mass is 625 g/mol. The Labute approximate surface area is 264 Å². The smallest absolute Gasteiger partial charge is 0.338 e. The van der Waals surface area contributed by atoms with Crippen LogP contribution in [0.4, 0.5) is 0 Å². The maximum atomic E-state index is 14.3. The summed E-state index contributed by atoms with van der Waals surface area (Å²) in [5, 5.41) is 1.73. The molecule has 5 aromatic rings. The second-order valence-electron chi connectivity index (χ2n) is 10.9. The van der Waals surface area contributed by atoms with E-state index in [0.29, 0.717) is 43.5 Å². The van der Waals surface area contributed by atoms with Crippen LogP contribution < -0.4 is 19.6 Å². The van der Waals surface area contributed by atoms with Crippen LogP contribution in [-0.2, 0) is 16.1 Å². The number of esters is 1. The summed E-state index contributed by atoms with van der Waals surface area (Å²) in [6, 6.07) is 22.7. The summed E-state index contributed by atoms with van der Waals surface area (Å²) >= 11 is 7.41. The van der Waals surface area contributed by atoms with E-state index in [-0.39, 0.29) is 18.3 Å². The van der Waals surface area contributed by atoms with Gasteiger partial charge in [0.25, 0.3) is 5.56 Å². The van der Waals surface area contributed by atoms with E-state index in [1.165, 1.54) is 11.3 Å². The summed E-state index contributed by atoms with van der Waals surface area (Å²) in [5.74, 6) is 0.0986. The maximum Gasteiger partial charge on any atom is 0.338 e. The fraction of sp³-hybridized carbons (Fsp3) is 0.229. The number of benzene rings is 3. The van der Waals surface area contributed by atoms with Crippen LogP contribution in [0.15, 0.2) is 100 Å². The minimum atomic E-state index is -0.756. The zero-order valence-corrected chi connectivity index (χ0v) is 26.5. The van der Waals surface area contributed by atoms with Crippen molar-refractivity contribution in [3.05, 3.63) is 132 Å². The molecule has 6 rings (SSSR count). The van der Waals surface area contributed by atoms with Gasteiger partial charge in [0, 0.05) is 39.8 Å². The van der Waals surface area contributed by atoms with Crippen molar-refractivity contribution >= 4 is 45.9 Å². The van der Waals surface area contributed by atoms with E-state index in [9.17, 15) is 9.59 Å². The van der Waals surface area contributed by atoms with Crippen LogP contribution in [0, 0.1) is 0 Å². The molecule has 0 radical (unpaired) electrons. The third kappa shape index (κ3) is 5.63. The third-order valence-corrected chi connectivity index (χ3v) is 8.70. The summed E-state index contributed by atoms with van der Waals surface area (Å²) in [7, 11) is 0. The lowest BCUT2D eigenvalue weighted by Gasteiger charge is -2.26. The van der Waals surface area contributed by atoms with Crippen LogP contribution in [0.3, 0.4) is 0 Å². The number of para-hydroxylation sites is 2. The standard InChI is InChI=1S/C35H32ClN3O4S/c1-5-42-34(41)31-22(4)37-35-39(32(31)27-11-7-9-13-29(27)43-21(2)3)33(40)30(44-35)18-24-20-38(28-12-8-6-10-26(24)28)19-23-14-16-25(36)17-15-23/h6-18,20-21,32H,5,19H2,1-4H3/b30-18-/t32-/m1/s1. The number of fused-ring (bicyclic) bond motifs is 2. The molecule has 44 heavy (non-hydrogen) atoms. The van der Waals surface area contributed by atoms with E-state index in [4.69, 9.17) is 26.1 Å². The second-order valence-corrected chi connectivity index (χ2v) is 12.3. The van der Waals surface area contributed by atoms with Gasteiger partial charge in [0.2, 0.25) is 0 Å². The largest absolute Gasteiger partial charge is 0.491 e. The molecule has 1 aliphatic rings. The SMILES string of the molecule is CCOC(=O)C1=C(C)N=c2s/c(=C\c3cn(Cc4ccc(Cl)cc4)c4ccccc34)c(=O)n2[C@@H]1c1ccccc1OC(C)C. The van der Waals surface area contributed by atoms with Gasteiger partial charge in [0.1, 0.15) is 11.8 Å². The molecule has 1 aliphatic heterocycles. The Morgan fingerprint density at radius 1 is 1.07 bits per heavy atom. The average Bonchev–Trinajstić information content (AvgIpc) is 3.50. The van der Waals surface area contributed by atoms with Crippen molar-refractivity contribution in [2.45, 2.75) is 46.4 Å². The maximum absolute atomic E-state index is 14.3. The summed E-state index contributed by atoms with van der Waals surface area (Å²) in [6.07, 6.45) is 3.88. The molecule has 0 N–H and O–H groups in total. The second kappa shape index (κ2) is 12.3. The average molecular weight is 626 g/mol. The van der Waals surface area contributed by atoms with E-state index in [1.54, 1.807) is 18.4 Å². The number of thiazole rings is 1. The zero-order chi connectivity index (χ0) is 31.0. The number of allylic oxidation sites excluding steroid dienone is 1. The number of rotatable bonds is 8. The number of carbonyl (C=O) groups excluding carboxylic acids is 1. The minimum absolute atomic E-state index is 0.103. The molecule has 0 aliphatic carbocycles. The van der Waals surface area contributed by atoms with Gasteiger partial charge in [0.15, 0.2) is 4.80 Å². The lowest BCUT2D eigenvalue weighted by molar-refractivity contribution is -0.139. The number of aromatic nitrogens is 2. The molecule has 0 spiro atoms. The topological polar surface area (TPSA) is 74.8 Å². The Kier molecular flexibility index (Phi) is 8.29. The van der Waals surface area contributed by atoms with Crippen molar-refractivity contribution in [2.75, 3.05) is 6.61 Å². The van der Waals surface area contributed by atoms with Crippen molar-refractivity contribution in [3.8, 4) is 5.75 Å². The third-order valence-electron chi connectivity index (χ3n) is 7.47. The van der Waals surface area contributed by atoms with Crippen LogP contribution in [-0.4, -0.2) is 27.8 Å². The van der Waals surface area contributed by atoms with E-state index in [2.05, 4.69) is 22.9 Å². The van der Waals surface area contributed by atoms with Crippen molar-refractivity contribution in [3.63, 3.8) is 0 Å². The highest BCUT2D eigenvalue weighted by Gasteiger charge is 2.35. The lowest BCUT2D eigenvalue weighted by Crippen LogP contribution is -2.40. The van der Waals surface area contributed by atoms with Gasteiger partial charge in [-0.15, -0.1) is 0 Å². The highest BCUT2D eigenvalue weighted by atomic mass is 35.5. The minimum Gasteiger partial charge on any atom is -0.491 e. The first-order valence-corrected chi connectivity index (χ1v) is 15.7. The van der Waals surface area contributed by atoms with Crippen molar-refractivity contribution < 1.29 is 14.3 Å².